The second kappa shape index (κ2) is 11.7. The minimum Gasteiger partial charge on any atom is -0.495 e. The predicted molar refractivity (Wildman–Crippen MR) is 159 cm³/mol. The van der Waals surface area contributed by atoms with E-state index in [2.05, 4.69) is 32.3 Å². The molecule has 1 aliphatic rings. The Hall–Kier alpha value is -4.22. The third kappa shape index (κ3) is 6.75. The van der Waals surface area contributed by atoms with Crippen LogP contribution in [0.25, 0.3) is 22.5 Å². The predicted octanol–water partition coefficient (Wildman–Crippen LogP) is 4.27. The lowest BCUT2D eigenvalue weighted by atomic mass is 9.97. The minimum absolute atomic E-state index is 0.0586. The Labute approximate surface area is 239 Å². The molecule has 0 bridgehead atoms. The van der Waals surface area contributed by atoms with Gasteiger partial charge in [0.25, 0.3) is 5.91 Å². The summed E-state index contributed by atoms with van der Waals surface area (Å²) < 4.78 is 33.7. The van der Waals surface area contributed by atoms with Gasteiger partial charge in [-0.2, -0.15) is 4.98 Å². The number of aryl methyl sites for hydroxylation is 1. The summed E-state index contributed by atoms with van der Waals surface area (Å²) >= 11 is 0. The Kier molecular flexibility index (Phi) is 8.09. The zero-order valence-corrected chi connectivity index (χ0v) is 24.4. The van der Waals surface area contributed by atoms with Crippen LogP contribution in [0, 0.1) is 6.92 Å². The molecule has 0 saturated carbocycles. The van der Waals surface area contributed by atoms with Crippen molar-refractivity contribution in [2.75, 3.05) is 56.8 Å². The maximum Gasteiger partial charge on any atom is 0.255 e. The molecule has 1 aromatic heterocycles. The summed E-state index contributed by atoms with van der Waals surface area (Å²) in [6.45, 7) is 5.70. The molecule has 1 N–H and O–H groups in total. The van der Waals surface area contributed by atoms with Crippen LogP contribution in [0.4, 0.5) is 11.4 Å². The van der Waals surface area contributed by atoms with Crippen LogP contribution in [-0.4, -0.2) is 76.0 Å². The molecule has 11 heteroatoms. The van der Waals surface area contributed by atoms with Crippen LogP contribution >= 0.6 is 0 Å². The second-order valence-corrected chi connectivity index (χ2v) is 12.5. The molecule has 0 radical (unpaired) electrons. The average molecular weight is 576 g/mol. The molecule has 5 rings (SSSR count). The Bertz CT molecular complexity index is 1660. The quantitative estimate of drug-likeness (QED) is 0.329. The Balaban J connectivity index is 1.28. The van der Waals surface area contributed by atoms with E-state index in [0.29, 0.717) is 17.1 Å². The molecule has 1 amide bonds. The van der Waals surface area contributed by atoms with Crippen molar-refractivity contribution in [2.45, 2.75) is 12.7 Å². The van der Waals surface area contributed by atoms with Crippen LogP contribution in [0.3, 0.4) is 0 Å². The number of anilines is 2. The van der Waals surface area contributed by atoms with E-state index in [0.717, 1.165) is 66.1 Å². The standard InChI is InChI=1S/C30H33N5O5S/c1-20-17-23(29-32-28(40-33-29)19-41(4,37)38)9-11-25(20)21-5-7-22(8-6-21)30(36)31-24-10-12-27(39-3)26(18-24)35-15-13-34(2)14-16-35/h5-12,17-18H,13-16,19H2,1-4H3,(H,31,36). The Morgan fingerprint density at radius 3 is 2.37 bits per heavy atom. The highest BCUT2D eigenvalue weighted by Crippen LogP contribution is 2.33. The van der Waals surface area contributed by atoms with Gasteiger partial charge < -0.3 is 24.4 Å². The molecule has 214 valence electrons. The summed E-state index contributed by atoms with van der Waals surface area (Å²) in [4.78, 5) is 21.9. The van der Waals surface area contributed by atoms with Crippen LogP contribution in [0.2, 0.25) is 0 Å². The smallest absolute Gasteiger partial charge is 0.255 e. The largest absolute Gasteiger partial charge is 0.495 e. The highest BCUT2D eigenvalue weighted by Gasteiger charge is 2.19. The number of likely N-dealkylation sites (N-methyl/N-ethyl adjacent to an activating group) is 1. The van der Waals surface area contributed by atoms with Gasteiger partial charge in [0.15, 0.2) is 9.84 Å². The van der Waals surface area contributed by atoms with Gasteiger partial charge in [0, 0.05) is 49.2 Å². The lowest BCUT2D eigenvalue weighted by Crippen LogP contribution is -2.44. The zero-order valence-electron chi connectivity index (χ0n) is 23.5. The maximum atomic E-state index is 13.1. The van der Waals surface area contributed by atoms with E-state index in [9.17, 15) is 13.2 Å². The van der Waals surface area contributed by atoms with Crippen molar-refractivity contribution in [3.05, 3.63) is 77.7 Å². The van der Waals surface area contributed by atoms with Gasteiger partial charge in [-0.25, -0.2) is 8.42 Å². The van der Waals surface area contributed by atoms with Crippen molar-refractivity contribution in [1.82, 2.24) is 15.0 Å². The number of amides is 1. The lowest BCUT2D eigenvalue weighted by Gasteiger charge is -2.34. The van der Waals surface area contributed by atoms with Crippen molar-refractivity contribution >= 4 is 27.1 Å². The summed E-state index contributed by atoms with van der Waals surface area (Å²) in [5, 5.41) is 6.94. The van der Waals surface area contributed by atoms with Crippen molar-refractivity contribution < 1.29 is 22.5 Å². The number of rotatable bonds is 8. The number of ether oxygens (including phenoxy) is 1. The number of nitrogens with zero attached hydrogens (tertiary/aromatic N) is 4. The first-order chi connectivity index (χ1) is 19.6. The van der Waals surface area contributed by atoms with E-state index in [1.807, 2.05) is 55.5 Å². The van der Waals surface area contributed by atoms with E-state index >= 15 is 0 Å². The molecule has 1 fully saturated rings. The molecule has 1 aliphatic heterocycles. The number of methoxy groups -OCH3 is 1. The molecule has 1 saturated heterocycles. The number of sulfone groups is 1. The number of carbonyl (C=O) groups excluding carboxylic acids is 1. The SMILES string of the molecule is COc1ccc(NC(=O)c2ccc(-c3ccc(-c4noc(CS(C)(=O)=O)n4)cc3C)cc2)cc1N1CCN(C)CC1. The van der Waals surface area contributed by atoms with Gasteiger partial charge >= 0.3 is 0 Å². The fourth-order valence-corrected chi connectivity index (χ4v) is 5.41. The highest BCUT2D eigenvalue weighted by molar-refractivity contribution is 7.89. The van der Waals surface area contributed by atoms with Crippen molar-refractivity contribution in [1.29, 1.82) is 0 Å². The molecule has 0 atom stereocenters. The fourth-order valence-electron chi connectivity index (χ4n) is 4.85. The van der Waals surface area contributed by atoms with Crippen LogP contribution in [-0.2, 0) is 15.6 Å². The average Bonchev–Trinajstić information content (AvgIpc) is 3.40. The Morgan fingerprint density at radius 1 is 1.00 bits per heavy atom. The van der Waals surface area contributed by atoms with Gasteiger partial charge in [-0.05, 0) is 67.1 Å². The summed E-state index contributed by atoms with van der Waals surface area (Å²) in [7, 11) is 0.505. The molecular weight excluding hydrogens is 542 g/mol. The van der Waals surface area contributed by atoms with Crippen molar-refractivity contribution in [3.63, 3.8) is 0 Å². The molecule has 0 unspecified atom stereocenters. The molecule has 2 heterocycles. The van der Waals surface area contributed by atoms with Crippen LogP contribution < -0.4 is 15.0 Å². The fraction of sp³-hybridized carbons (Fsp3) is 0.300. The number of piperazine rings is 1. The molecule has 0 spiro atoms. The summed E-state index contributed by atoms with van der Waals surface area (Å²) in [5.41, 5.74) is 5.88. The molecule has 4 aromatic rings. The van der Waals surface area contributed by atoms with E-state index in [1.165, 1.54) is 0 Å². The summed E-state index contributed by atoms with van der Waals surface area (Å²) in [6.07, 6.45) is 1.12. The van der Waals surface area contributed by atoms with Crippen LogP contribution in [0.1, 0.15) is 21.8 Å². The molecular formula is C30H33N5O5S. The van der Waals surface area contributed by atoms with Crippen LogP contribution in [0.15, 0.2) is 65.2 Å². The number of carbonyl (C=O) groups is 1. The molecule has 41 heavy (non-hydrogen) atoms. The summed E-state index contributed by atoms with van der Waals surface area (Å²) in [5.74, 6) is 0.683. The molecule has 0 aliphatic carbocycles. The van der Waals surface area contributed by atoms with Gasteiger partial charge in [-0.15, -0.1) is 0 Å². The topological polar surface area (TPSA) is 118 Å². The number of hydrogen-bond acceptors (Lipinski definition) is 9. The van der Waals surface area contributed by atoms with Gasteiger partial charge in [0.05, 0.1) is 12.8 Å². The Morgan fingerprint density at radius 2 is 1.71 bits per heavy atom. The third-order valence-corrected chi connectivity index (χ3v) is 7.85. The number of hydrogen-bond donors (Lipinski definition) is 1. The highest BCUT2D eigenvalue weighted by atomic mass is 32.2. The molecule has 3 aromatic carbocycles. The maximum absolute atomic E-state index is 13.1. The first kappa shape index (κ1) is 28.3. The lowest BCUT2D eigenvalue weighted by molar-refractivity contribution is 0.102. The van der Waals surface area contributed by atoms with Gasteiger partial charge in [0.1, 0.15) is 11.5 Å². The zero-order chi connectivity index (χ0) is 29.1. The number of nitrogens with one attached hydrogen (secondary N) is 1. The second-order valence-electron chi connectivity index (χ2n) is 10.3. The number of benzene rings is 3. The van der Waals surface area contributed by atoms with Crippen LogP contribution in [0.5, 0.6) is 5.75 Å². The first-order valence-corrected chi connectivity index (χ1v) is 15.3. The van der Waals surface area contributed by atoms with Gasteiger partial charge in [-0.3, -0.25) is 4.79 Å². The van der Waals surface area contributed by atoms with Crippen molar-refractivity contribution in [2.24, 2.45) is 0 Å². The summed E-state index contributed by atoms with van der Waals surface area (Å²) in [6, 6.07) is 18.9. The monoisotopic (exact) mass is 575 g/mol. The van der Waals surface area contributed by atoms with E-state index in [4.69, 9.17) is 9.26 Å². The normalized spacial score (nSPS) is 14.2. The van der Waals surface area contributed by atoms with E-state index in [1.54, 1.807) is 19.2 Å². The van der Waals surface area contributed by atoms with E-state index in [-0.39, 0.29) is 17.6 Å². The number of aromatic nitrogens is 2. The van der Waals surface area contributed by atoms with Crippen molar-refractivity contribution in [3.8, 4) is 28.3 Å². The minimum atomic E-state index is -3.27. The third-order valence-electron chi connectivity index (χ3n) is 7.08. The van der Waals surface area contributed by atoms with E-state index < -0.39 is 9.84 Å². The van der Waals surface area contributed by atoms with Gasteiger partial charge in [0.2, 0.25) is 11.7 Å². The van der Waals surface area contributed by atoms with Gasteiger partial charge in [-0.1, -0.05) is 29.4 Å². The first-order valence-electron chi connectivity index (χ1n) is 13.2. The molecule has 10 nitrogen and oxygen atoms in total.